The number of piperidine rings is 1. The summed E-state index contributed by atoms with van der Waals surface area (Å²) in [6.45, 7) is 9.49. The van der Waals surface area contributed by atoms with Crippen LogP contribution >= 0.6 is 0 Å². The van der Waals surface area contributed by atoms with Crippen LogP contribution in [0.3, 0.4) is 0 Å². The lowest BCUT2D eigenvalue weighted by Gasteiger charge is -2.28. The van der Waals surface area contributed by atoms with Gasteiger partial charge in [0.1, 0.15) is 23.0 Å². The van der Waals surface area contributed by atoms with Crippen LogP contribution in [0.15, 0.2) is 24.4 Å². The van der Waals surface area contributed by atoms with Gasteiger partial charge < -0.3 is 20.4 Å². The molecule has 0 unspecified atom stereocenters. The molecule has 0 amide bonds. The molecule has 0 aromatic carbocycles. The molecule has 10 nitrogen and oxygen atoms in total. The molecule has 0 spiro atoms. The summed E-state index contributed by atoms with van der Waals surface area (Å²) in [6, 6.07) is 6.24. The van der Waals surface area contributed by atoms with Crippen molar-refractivity contribution in [3.63, 3.8) is 0 Å². The number of aromatic nitrogens is 6. The average Bonchev–Trinajstić information content (AvgIpc) is 3.42. The summed E-state index contributed by atoms with van der Waals surface area (Å²) in [6.07, 6.45) is 2.98. The quantitative estimate of drug-likeness (QED) is 0.415. The molecule has 4 aromatic rings. The fourth-order valence-corrected chi connectivity index (χ4v) is 4.70. The fraction of sp³-hybridized carbons (Fsp3) is 0.520. The van der Waals surface area contributed by atoms with Crippen molar-refractivity contribution in [3.05, 3.63) is 30.2 Å². The molecule has 36 heavy (non-hydrogen) atoms. The zero-order valence-electron chi connectivity index (χ0n) is 21.7. The molecule has 194 valence electrons. The maximum absolute atomic E-state index is 12.8. The highest BCUT2D eigenvalue weighted by Gasteiger charge is 2.18. The molecule has 0 bridgehead atoms. The van der Waals surface area contributed by atoms with Crippen molar-refractivity contribution >= 4 is 28.4 Å². The molecule has 0 saturated carbocycles. The fourth-order valence-electron chi connectivity index (χ4n) is 4.70. The Hall–Kier alpha value is -3.31. The minimum atomic E-state index is -0.611. The number of halogens is 1. The smallest absolute Gasteiger partial charge is 0.240 e. The Morgan fingerprint density at radius 1 is 1.22 bits per heavy atom. The van der Waals surface area contributed by atoms with Crippen molar-refractivity contribution in [1.82, 2.24) is 34.0 Å². The third-order valence-electron chi connectivity index (χ3n) is 6.33. The second-order valence-electron chi connectivity index (χ2n) is 9.29. The van der Waals surface area contributed by atoms with Gasteiger partial charge in [0.2, 0.25) is 5.95 Å². The molecule has 1 aliphatic heterocycles. The molecule has 1 fully saturated rings. The van der Waals surface area contributed by atoms with E-state index in [4.69, 9.17) is 15.5 Å². The summed E-state index contributed by atoms with van der Waals surface area (Å²) < 4.78 is 21.6. The van der Waals surface area contributed by atoms with Gasteiger partial charge in [-0.05, 0) is 58.4 Å². The van der Waals surface area contributed by atoms with E-state index in [1.807, 2.05) is 38.4 Å². The summed E-state index contributed by atoms with van der Waals surface area (Å²) in [5, 5.41) is 7.32. The molecule has 4 aromatic heterocycles. The molecular weight excluding hydrogens is 461 g/mol. The number of pyridine rings is 1. The number of aryl methyl sites for hydroxylation is 1. The van der Waals surface area contributed by atoms with E-state index in [1.165, 1.54) is 0 Å². The molecule has 3 N–H and O–H groups in total. The molecule has 0 radical (unpaired) electrons. The third-order valence-corrected chi connectivity index (χ3v) is 6.33. The van der Waals surface area contributed by atoms with E-state index in [2.05, 4.69) is 43.7 Å². The Balaban J connectivity index is 0.000000233. The number of methoxy groups -OCH3 is 1. The highest BCUT2D eigenvalue weighted by molar-refractivity contribution is 5.89. The number of hydrogen-bond acceptors (Lipinski definition) is 8. The van der Waals surface area contributed by atoms with E-state index in [0.29, 0.717) is 19.0 Å². The maximum Gasteiger partial charge on any atom is 0.240 e. The largest absolute Gasteiger partial charge is 0.383 e. The molecule has 5 rings (SSSR count). The summed E-state index contributed by atoms with van der Waals surface area (Å²) in [5.74, 6) is 1.85. The Labute approximate surface area is 210 Å². The summed E-state index contributed by atoms with van der Waals surface area (Å²) in [4.78, 5) is 15.9. The standard InChI is InChI=1S/C17H20N8.C8H16FNO/c1-9(2)25-10(3)20-13-6-5-12(21-16(13)25)11-7-8-24-14(11)15(19-4)22-17(18)23-24;1-11-6-5-10-4-2-3-8(9)7-10/h5-9H,1-4H3,(H3,18,19,22,23);8H,2-7H2,1H3/t;8-/m.1/s1. The second-order valence-corrected chi connectivity index (χ2v) is 9.29. The normalized spacial score (nSPS) is 16.5. The van der Waals surface area contributed by atoms with Crippen molar-refractivity contribution in [2.45, 2.75) is 45.8 Å². The maximum atomic E-state index is 12.8. The van der Waals surface area contributed by atoms with Gasteiger partial charge in [-0.1, -0.05) is 0 Å². The number of fused-ring (bicyclic) bond motifs is 2. The first-order chi connectivity index (χ1) is 17.3. The van der Waals surface area contributed by atoms with Gasteiger partial charge in [0, 0.05) is 45.0 Å². The highest BCUT2D eigenvalue weighted by Crippen LogP contribution is 2.30. The van der Waals surface area contributed by atoms with E-state index >= 15 is 0 Å². The van der Waals surface area contributed by atoms with Gasteiger partial charge in [-0.25, -0.2) is 18.9 Å². The molecular formula is C25H36FN9O. The highest BCUT2D eigenvalue weighted by atomic mass is 19.1. The van der Waals surface area contributed by atoms with Crippen LogP contribution in [0.5, 0.6) is 0 Å². The lowest BCUT2D eigenvalue weighted by atomic mass is 10.1. The molecule has 0 aliphatic carbocycles. The number of rotatable bonds is 6. The van der Waals surface area contributed by atoms with Gasteiger partial charge in [-0.2, -0.15) is 4.98 Å². The van der Waals surface area contributed by atoms with E-state index in [-0.39, 0.29) is 12.0 Å². The molecule has 1 atom stereocenters. The second kappa shape index (κ2) is 11.2. The molecule has 11 heteroatoms. The van der Waals surface area contributed by atoms with Crippen LogP contribution < -0.4 is 11.1 Å². The summed E-state index contributed by atoms with van der Waals surface area (Å²) in [7, 11) is 3.49. The van der Waals surface area contributed by atoms with Crippen LogP contribution in [0, 0.1) is 6.92 Å². The first kappa shape index (κ1) is 25.8. The lowest BCUT2D eigenvalue weighted by molar-refractivity contribution is 0.0990. The first-order valence-electron chi connectivity index (χ1n) is 12.4. The average molecular weight is 498 g/mol. The Morgan fingerprint density at radius 3 is 2.72 bits per heavy atom. The van der Waals surface area contributed by atoms with Crippen molar-refractivity contribution in [3.8, 4) is 11.3 Å². The lowest BCUT2D eigenvalue weighted by Crippen LogP contribution is -2.38. The van der Waals surface area contributed by atoms with Crippen molar-refractivity contribution in [2.75, 3.05) is 51.4 Å². The number of nitrogens with zero attached hydrogens (tertiary/aromatic N) is 7. The number of alkyl halides is 1. The zero-order chi connectivity index (χ0) is 25.8. The number of nitrogens with one attached hydrogen (secondary N) is 1. The minimum absolute atomic E-state index is 0.218. The Bertz CT molecular complexity index is 1320. The van der Waals surface area contributed by atoms with Crippen LogP contribution in [0.2, 0.25) is 0 Å². The van der Waals surface area contributed by atoms with Crippen molar-refractivity contribution in [2.24, 2.45) is 0 Å². The third kappa shape index (κ3) is 5.41. The summed E-state index contributed by atoms with van der Waals surface area (Å²) in [5.41, 5.74) is 10.2. The SMILES string of the molecule is CNc1nc(N)nn2ccc(-c3ccc4nc(C)n(C(C)C)c4n3)c12.COCCN1CCC[C@@H](F)C1. The monoisotopic (exact) mass is 497 g/mol. The van der Waals surface area contributed by atoms with Gasteiger partial charge in [-0.3, -0.25) is 4.90 Å². The van der Waals surface area contributed by atoms with Gasteiger partial charge in [0.15, 0.2) is 11.5 Å². The number of imidazole rings is 1. The van der Waals surface area contributed by atoms with Crippen LogP contribution in [0.25, 0.3) is 27.9 Å². The van der Waals surface area contributed by atoms with E-state index < -0.39 is 6.17 Å². The van der Waals surface area contributed by atoms with Crippen LogP contribution in [-0.4, -0.2) is 80.6 Å². The van der Waals surface area contributed by atoms with Crippen LogP contribution in [-0.2, 0) is 4.74 Å². The van der Waals surface area contributed by atoms with Gasteiger partial charge in [-0.15, -0.1) is 5.10 Å². The number of ether oxygens (including phenoxy) is 1. The van der Waals surface area contributed by atoms with E-state index in [9.17, 15) is 4.39 Å². The predicted octanol–water partition coefficient (Wildman–Crippen LogP) is 3.72. The van der Waals surface area contributed by atoms with Gasteiger partial charge in [0.25, 0.3) is 0 Å². The number of hydrogen-bond donors (Lipinski definition) is 2. The van der Waals surface area contributed by atoms with Crippen molar-refractivity contribution < 1.29 is 9.13 Å². The van der Waals surface area contributed by atoms with E-state index in [1.54, 1.807) is 11.6 Å². The Kier molecular flexibility index (Phi) is 8.00. The zero-order valence-corrected chi connectivity index (χ0v) is 21.7. The minimum Gasteiger partial charge on any atom is -0.383 e. The van der Waals surface area contributed by atoms with Crippen LogP contribution in [0.4, 0.5) is 16.2 Å². The van der Waals surface area contributed by atoms with Crippen molar-refractivity contribution in [1.29, 1.82) is 0 Å². The number of nitrogen functional groups attached to an aromatic ring is 1. The molecule has 5 heterocycles. The molecule has 1 aliphatic rings. The predicted molar refractivity (Wildman–Crippen MR) is 141 cm³/mol. The number of nitrogens with two attached hydrogens (primary N) is 1. The number of anilines is 2. The van der Waals surface area contributed by atoms with E-state index in [0.717, 1.165) is 59.7 Å². The number of likely N-dealkylation sites (tertiary alicyclic amines) is 1. The molecule has 1 saturated heterocycles. The van der Waals surface area contributed by atoms with Gasteiger partial charge in [0.05, 0.1) is 12.3 Å². The van der Waals surface area contributed by atoms with Crippen LogP contribution in [0.1, 0.15) is 38.6 Å². The first-order valence-corrected chi connectivity index (χ1v) is 12.4. The summed E-state index contributed by atoms with van der Waals surface area (Å²) >= 11 is 0. The Morgan fingerprint density at radius 2 is 2.03 bits per heavy atom. The topological polar surface area (TPSA) is 111 Å². The van der Waals surface area contributed by atoms with Gasteiger partial charge >= 0.3 is 0 Å².